The number of rotatable bonds is 6. The molecule has 0 saturated carbocycles. The van der Waals surface area contributed by atoms with Gasteiger partial charge in [0.2, 0.25) is 10.0 Å². The fourth-order valence-electron chi connectivity index (χ4n) is 1.52. The number of nitrogens with zero attached hydrogens (tertiary/aromatic N) is 2. The summed E-state index contributed by atoms with van der Waals surface area (Å²) in [5.74, 6) is 0. The van der Waals surface area contributed by atoms with E-state index in [1.54, 1.807) is 0 Å². The summed E-state index contributed by atoms with van der Waals surface area (Å²) >= 11 is 4.64. The Balaban J connectivity index is 3.33. The van der Waals surface area contributed by atoms with Gasteiger partial charge in [-0.15, -0.1) is 0 Å². The number of halogens is 3. The molecule has 6 nitrogen and oxygen atoms in total. The molecule has 1 rings (SSSR count). The minimum Gasteiger partial charge on any atom is -0.395 e. The van der Waals surface area contributed by atoms with Crippen LogP contribution in [-0.4, -0.2) is 53.7 Å². The van der Waals surface area contributed by atoms with Crippen molar-refractivity contribution in [2.45, 2.75) is 11.1 Å². The molecular weight excluding hydrogens is 331 g/mol. The number of hydrogen-bond donors (Lipinski definition) is 2. The van der Waals surface area contributed by atoms with Gasteiger partial charge in [0.1, 0.15) is 22.1 Å². The van der Waals surface area contributed by atoms with Crippen LogP contribution in [-0.2, 0) is 10.0 Å². The largest absolute Gasteiger partial charge is 0.402 e. The summed E-state index contributed by atoms with van der Waals surface area (Å²) in [6.07, 6.45) is -3.54. The summed E-state index contributed by atoms with van der Waals surface area (Å²) < 4.78 is 62.1. The smallest absolute Gasteiger partial charge is 0.395 e. The highest BCUT2D eigenvalue weighted by Gasteiger charge is 2.37. The van der Waals surface area contributed by atoms with Crippen LogP contribution in [0.1, 0.15) is 5.69 Å². The van der Waals surface area contributed by atoms with Crippen molar-refractivity contribution in [3.63, 3.8) is 0 Å². The predicted octanol–water partition coefficient (Wildman–Crippen LogP) is 0.261. The van der Waals surface area contributed by atoms with Crippen LogP contribution >= 0.6 is 12.2 Å². The molecule has 0 amide bonds. The third-order valence-corrected chi connectivity index (χ3v) is 4.40. The van der Waals surface area contributed by atoms with E-state index in [9.17, 15) is 21.6 Å². The number of thiocarbonyl (C=S) groups is 1. The maximum absolute atomic E-state index is 12.5. The van der Waals surface area contributed by atoms with E-state index in [2.05, 4.69) is 17.2 Å². The van der Waals surface area contributed by atoms with E-state index >= 15 is 0 Å². The van der Waals surface area contributed by atoms with E-state index in [1.807, 2.05) is 0 Å². The third-order valence-electron chi connectivity index (χ3n) is 2.33. The highest BCUT2D eigenvalue weighted by molar-refractivity contribution is 7.89. The zero-order valence-corrected chi connectivity index (χ0v) is 12.2. The minimum atomic E-state index is -4.76. The van der Waals surface area contributed by atoms with E-state index in [0.29, 0.717) is 0 Å². The van der Waals surface area contributed by atoms with Crippen molar-refractivity contribution in [3.05, 3.63) is 24.0 Å². The minimum absolute atomic E-state index is 0.103. The maximum Gasteiger partial charge on any atom is 0.402 e. The zero-order chi connectivity index (χ0) is 16.3. The van der Waals surface area contributed by atoms with Gasteiger partial charge < -0.3 is 10.8 Å². The summed E-state index contributed by atoms with van der Waals surface area (Å²) in [4.78, 5) is 2.78. The Labute approximate surface area is 124 Å². The van der Waals surface area contributed by atoms with Gasteiger partial charge in [-0.1, -0.05) is 12.2 Å². The van der Waals surface area contributed by atoms with Crippen molar-refractivity contribution < 1.29 is 26.7 Å². The number of aromatic nitrogens is 1. The molecule has 1 aromatic rings. The lowest BCUT2D eigenvalue weighted by Crippen LogP contribution is -2.41. The number of aliphatic hydroxyl groups excluding tert-OH is 1. The molecule has 1 aromatic heterocycles. The molecule has 0 aliphatic carbocycles. The highest BCUT2D eigenvalue weighted by atomic mass is 32.2. The fourth-order valence-corrected chi connectivity index (χ4v) is 3.32. The van der Waals surface area contributed by atoms with Gasteiger partial charge >= 0.3 is 6.18 Å². The number of alkyl halides is 3. The zero-order valence-electron chi connectivity index (χ0n) is 10.5. The summed E-state index contributed by atoms with van der Waals surface area (Å²) in [6, 6.07) is 2.29. The summed E-state index contributed by atoms with van der Waals surface area (Å²) in [7, 11) is -4.55. The second kappa shape index (κ2) is 6.64. The Morgan fingerprint density at radius 3 is 2.57 bits per heavy atom. The topological polar surface area (TPSA) is 96.5 Å². The van der Waals surface area contributed by atoms with E-state index in [0.717, 1.165) is 6.07 Å². The van der Waals surface area contributed by atoms with E-state index < -0.39 is 40.8 Å². The van der Waals surface area contributed by atoms with Gasteiger partial charge in [-0.25, -0.2) is 8.42 Å². The molecule has 0 aliphatic rings. The first-order chi connectivity index (χ1) is 9.59. The van der Waals surface area contributed by atoms with Crippen molar-refractivity contribution in [3.8, 4) is 0 Å². The quantitative estimate of drug-likeness (QED) is 0.720. The molecule has 0 saturated heterocycles. The first-order valence-corrected chi connectivity index (χ1v) is 7.37. The Morgan fingerprint density at radius 1 is 1.48 bits per heavy atom. The van der Waals surface area contributed by atoms with Crippen molar-refractivity contribution in [2.24, 2.45) is 5.73 Å². The van der Waals surface area contributed by atoms with Crippen LogP contribution in [0.3, 0.4) is 0 Å². The van der Waals surface area contributed by atoms with Gasteiger partial charge in [0.05, 0.1) is 6.61 Å². The Hall–Kier alpha value is -1.30. The second-order valence-electron chi connectivity index (χ2n) is 3.89. The number of nitrogens with two attached hydrogens (primary N) is 1. The van der Waals surface area contributed by atoms with E-state index in [1.165, 1.54) is 12.3 Å². The van der Waals surface area contributed by atoms with Crippen LogP contribution in [0.5, 0.6) is 0 Å². The highest BCUT2D eigenvalue weighted by Crippen LogP contribution is 2.23. The van der Waals surface area contributed by atoms with Crippen molar-refractivity contribution in [1.29, 1.82) is 0 Å². The molecule has 0 unspecified atom stereocenters. The average Bonchev–Trinajstić information content (AvgIpc) is 2.36. The molecule has 118 valence electrons. The summed E-state index contributed by atoms with van der Waals surface area (Å²) in [6.45, 7) is -3.22. The molecule has 11 heteroatoms. The molecule has 3 N–H and O–H groups in total. The molecule has 1 heterocycles. The van der Waals surface area contributed by atoms with Gasteiger partial charge in [-0.05, 0) is 12.1 Å². The first kappa shape index (κ1) is 17.8. The van der Waals surface area contributed by atoms with Crippen LogP contribution in [0.25, 0.3) is 0 Å². The first-order valence-electron chi connectivity index (χ1n) is 5.52. The standard InChI is InChI=1S/C10H12F3N3O3S2/c11-10(12,13)6-16(4-5-17)21(18,19)7-2-1-3-15-8(7)9(14)20/h1-3,17H,4-6H2,(H2,14,20). The van der Waals surface area contributed by atoms with Gasteiger partial charge in [-0.2, -0.15) is 17.5 Å². The lowest BCUT2D eigenvalue weighted by atomic mass is 10.3. The molecule has 0 aliphatic heterocycles. The molecule has 0 atom stereocenters. The Morgan fingerprint density at radius 2 is 2.10 bits per heavy atom. The number of hydrogen-bond acceptors (Lipinski definition) is 5. The molecule has 0 bridgehead atoms. The molecule has 0 fully saturated rings. The number of pyridine rings is 1. The van der Waals surface area contributed by atoms with Crippen LogP contribution in [0.2, 0.25) is 0 Å². The van der Waals surface area contributed by atoms with Crippen LogP contribution < -0.4 is 5.73 Å². The lowest BCUT2D eigenvalue weighted by molar-refractivity contribution is -0.136. The van der Waals surface area contributed by atoms with Crippen molar-refractivity contribution in [2.75, 3.05) is 19.7 Å². The van der Waals surface area contributed by atoms with Gasteiger partial charge in [0, 0.05) is 12.7 Å². The second-order valence-corrected chi connectivity index (χ2v) is 6.24. The van der Waals surface area contributed by atoms with Crippen molar-refractivity contribution in [1.82, 2.24) is 9.29 Å². The van der Waals surface area contributed by atoms with Gasteiger partial charge in [-0.3, -0.25) is 4.98 Å². The molecule has 0 aromatic carbocycles. The Kier molecular flexibility index (Phi) is 5.61. The van der Waals surface area contributed by atoms with Gasteiger partial charge in [0.25, 0.3) is 0 Å². The molecule has 0 radical (unpaired) electrons. The summed E-state index contributed by atoms with van der Waals surface area (Å²) in [5, 5.41) is 8.78. The Bertz CT molecular complexity index is 619. The molecule has 0 spiro atoms. The summed E-state index contributed by atoms with van der Waals surface area (Å²) in [5.41, 5.74) is 5.03. The van der Waals surface area contributed by atoms with Gasteiger partial charge in [0.15, 0.2) is 0 Å². The molecular formula is C10H12F3N3O3S2. The third kappa shape index (κ3) is 4.59. The number of sulfonamides is 1. The fraction of sp³-hybridized carbons (Fsp3) is 0.400. The van der Waals surface area contributed by atoms with Crippen LogP contribution in [0.4, 0.5) is 13.2 Å². The van der Waals surface area contributed by atoms with E-state index in [-0.39, 0.29) is 15.0 Å². The molecule has 21 heavy (non-hydrogen) atoms. The lowest BCUT2D eigenvalue weighted by Gasteiger charge is -2.23. The predicted molar refractivity (Wildman–Crippen MR) is 72.0 cm³/mol. The van der Waals surface area contributed by atoms with E-state index in [4.69, 9.17) is 10.8 Å². The number of aliphatic hydroxyl groups is 1. The van der Waals surface area contributed by atoms with Crippen molar-refractivity contribution >= 4 is 27.2 Å². The SMILES string of the molecule is NC(=S)c1ncccc1S(=O)(=O)N(CCO)CC(F)(F)F. The van der Waals surface area contributed by atoms with Crippen LogP contribution in [0.15, 0.2) is 23.2 Å². The van der Waals surface area contributed by atoms with Crippen LogP contribution in [0, 0.1) is 0 Å². The normalized spacial score (nSPS) is 12.6. The monoisotopic (exact) mass is 343 g/mol. The maximum atomic E-state index is 12.5. The average molecular weight is 343 g/mol.